The molecule has 1 N–H and O–H groups in total. The van der Waals surface area contributed by atoms with Gasteiger partial charge in [0.15, 0.2) is 0 Å². The molecule has 0 aromatic rings. The van der Waals surface area contributed by atoms with Crippen LogP contribution in [0.2, 0.25) is 0 Å². The Morgan fingerprint density at radius 3 is 2.29 bits per heavy atom. The second kappa shape index (κ2) is 8.25. The highest BCUT2D eigenvalue weighted by molar-refractivity contribution is 4.59. The highest BCUT2D eigenvalue weighted by Crippen LogP contribution is 2.06. The number of nitrogens with zero attached hydrogens (tertiary/aromatic N) is 1. The second-order valence-corrected chi connectivity index (χ2v) is 4.71. The molecule has 0 fully saturated rings. The maximum absolute atomic E-state index is 3.44. The molecule has 0 aliphatic rings. The molecule has 1 unspecified atom stereocenters. The van der Waals surface area contributed by atoms with Crippen molar-refractivity contribution < 1.29 is 0 Å². The third-order valence-electron chi connectivity index (χ3n) is 2.75. The molecule has 86 valence electrons. The normalized spacial score (nSPS) is 13.9. The molecular formula is C12H28N2. The van der Waals surface area contributed by atoms with Crippen LogP contribution in [0, 0.1) is 5.92 Å². The Kier molecular flexibility index (Phi) is 8.20. The van der Waals surface area contributed by atoms with Crippen LogP contribution < -0.4 is 5.32 Å². The molecule has 0 rings (SSSR count). The zero-order valence-electron chi connectivity index (χ0n) is 10.6. The van der Waals surface area contributed by atoms with Crippen LogP contribution in [0.5, 0.6) is 0 Å². The summed E-state index contributed by atoms with van der Waals surface area (Å²) in [6.07, 6.45) is 2.63. The van der Waals surface area contributed by atoms with E-state index in [0.717, 1.165) is 19.0 Å². The van der Waals surface area contributed by atoms with Crippen molar-refractivity contribution in [1.29, 1.82) is 0 Å². The third kappa shape index (κ3) is 8.52. The van der Waals surface area contributed by atoms with Gasteiger partial charge in [-0.1, -0.05) is 34.1 Å². The summed E-state index contributed by atoms with van der Waals surface area (Å²) in [6.45, 7) is 12.5. The van der Waals surface area contributed by atoms with Crippen LogP contribution in [-0.2, 0) is 0 Å². The fraction of sp³-hybridized carbons (Fsp3) is 1.00. The number of rotatable bonds is 8. The molecule has 0 saturated heterocycles. The molecule has 0 aromatic carbocycles. The zero-order valence-corrected chi connectivity index (χ0v) is 10.6. The summed E-state index contributed by atoms with van der Waals surface area (Å²) in [6, 6.07) is 0.609. The second-order valence-electron chi connectivity index (χ2n) is 4.71. The van der Waals surface area contributed by atoms with E-state index in [9.17, 15) is 0 Å². The van der Waals surface area contributed by atoms with E-state index in [1.54, 1.807) is 0 Å². The van der Waals surface area contributed by atoms with Crippen molar-refractivity contribution in [3.05, 3.63) is 0 Å². The molecule has 0 saturated carbocycles. The van der Waals surface area contributed by atoms with Gasteiger partial charge in [-0.15, -0.1) is 0 Å². The topological polar surface area (TPSA) is 15.3 Å². The van der Waals surface area contributed by atoms with Crippen molar-refractivity contribution in [2.45, 2.75) is 46.6 Å². The largest absolute Gasteiger partial charge is 0.313 e. The van der Waals surface area contributed by atoms with Crippen LogP contribution in [0.1, 0.15) is 40.5 Å². The van der Waals surface area contributed by atoms with Crippen LogP contribution >= 0.6 is 0 Å². The number of hydrogen-bond acceptors (Lipinski definition) is 2. The van der Waals surface area contributed by atoms with Crippen LogP contribution in [0.4, 0.5) is 0 Å². The summed E-state index contributed by atoms with van der Waals surface area (Å²) < 4.78 is 0. The number of likely N-dealkylation sites (N-methyl/N-ethyl adjacent to an activating group) is 1. The molecule has 0 aliphatic carbocycles. The minimum absolute atomic E-state index is 0.609. The monoisotopic (exact) mass is 200 g/mol. The Hall–Kier alpha value is -0.0800. The lowest BCUT2D eigenvalue weighted by Gasteiger charge is -2.19. The van der Waals surface area contributed by atoms with E-state index in [0.29, 0.717) is 6.04 Å². The van der Waals surface area contributed by atoms with Gasteiger partial charge in [0.1, 0.15) is 0 Å². The van der Waals surface area contributed by atoms with Crippen LogP contribution in [0.25, 0.3) is 0 Å². The molecule has 0 heterocycles. The lowest BCUT2D eigenvalue weighted by atomic mass is 10.1. The third-order valence-corrected chi connectivity index (χ3v) is 2.75. The minimum Gasteiger partial charge on any atom is -0.313 e. The predicted molar refractivity (Wildman–Crippen MR) is 64.7 cm³/mol. The van der Waals surface area contributed by atoms with Crippen molar-refractivity contribution in [3.8, 4) is 0 Å². The molecule has 0 aliphatic heterocycles. The van der Waals surface area contributed by atoms with Gasteiger partial charge in [-0.2, -0.15) is 0 Å². The Labute approximate surface area is 90.1 Å². The highest BCUT2D eigenvalue weighted by Gasteiger charge is 2.02. The van der Waals surface area contributed by atoms with E-state index in [2.05, 4.69) is 45.0 Å². The number of hydrogen-bond donors (Lipinski definition) is 1. The Morgan fingerprint density at radius 2 is 1.79 bits per heavy atom. The van der Waals surface area contributed by atoms with Gasteiger partial charge >= 0.3 is 0 Å². The molecule has 2 nitrogen and oxygen atoms in total. The standard InChI is InChI=1S/C12H28N2/c1-6-12(4)7-9-14(5)10-8-13-11(2)3/h11-13H,6-10H2,1-5H3. The Bertz CT molecular complexity index is 123. The summed E-state index contributed by atoms with van der Waals surface area (Å²) >= 11 is 0. The summed E-state index contributed by atoms with van der Waals surface area (Å²) in [5, 5.41) is 3.44. The molecule has 1 atom stereocenters. The molecule has 2 heteroatoms. The highest BCUT2D eigenvalue weighted by atomic mass is 15.1. The van der Waals surface area contributed by atoms with Crippen LogP contribution in [0.3, 0.4) is 0 Å². The summed E-state index contributed by atoms with van der Waals surface area (Å²) in [5.74, 6) is 0.871. The summed E-state index contributed by atoms with van der Waals surface area (Å²) in [4.78, 5) is 2.42. The van der Waals surface area contributed by atoms with Crippen LogP contribution in [0.15, 0.2) is 0 Å². The first-order valence-corrected chi connectivity index (χ1v) is 5.98. The Balaban J connectivity index is 3.32. The molecule has 0 bridgehead atoms. The van der Waals surface area contributed by atoms with Gasteiger partial charge < -0.3 is 10.2 Å². The van der Waals surface area contributed by atoms with E-state index in [1.807, 2.05) is 0 Å². The first kappa shape index (κ1) is 13.9. The first-order chi connectivity index (χ1) is 6.56. The maximum atomic E-state index is 3.44. The molecule has 0 radical (unpaired) electrons. The number of nitrogens with one attached hydrogen (secondary N) is 1. The fourth-order valence-corrected chi connectivity index (χ4v) is 1.30. The molecular weight excluding hydrogens is 172 g/mol. The predicted octanol–water partition coefficient (Wildman–Crippen LogP) is 2.35. The maximum Gasteiger partial charge on any atom is 0.0104 e. The molecule has 0 amide bonds. The SMILES string of the molecule is CCC(C)CCN(C)CCNC(C)C. The van der Waals surface area contributed by atoms with Gasteiger partial charge in [0.05, 0.1) is 0 Å². The lowest BCUT2D eigenvalue weighted by molar-refractivity contribution is 0.299. The zero-order chi connectivity index (χ0) is 11.0. The molecule has 0 aromatic heterocycles. The smallest absolute Gasteiger partial charge is 0.0104 e. The van der Waals surface area contributed by atoms with Gasteiger partial charge in [-0.25, -0.2) is 0 Å². The van der Waals surface area contributed by atoms with E-state index >= 15 is 0 Å². The van der Waals surface area contributed by atoms with Crippen molar-refractivity contribution in [1.82, 2.24) is 10.2 Å². The average Bonchev–Trinajstić information content (AvgIpc) is 2.13. The Morgan fingerprint density at radius 1 is 1.14 bits per heavy atom. The van der Waals surface area contributed by atoms with Crippen LogP contribution in [-0.4, -0.2) is 37.6 Å². The van der Waals surface area contributed by atoms with Gasteiger partial charge in [0.2, 0.25) is 0 Å². The summed E-state index contributed by atoms with van der Waals surface area (Å²) in [7, 11) is 2.21. The van der Waals surface area contributed by atoms with Gasteiger partial charge in [0.25, 0.3) is 0 Å². The fourth-order valence-electron chi connectivity index (χ4n) is 1.30. The van der Waals surface area contributed by atoms with Gasteiger partial charge in [-0.3, -0.25) is 0 Å². The quantitative estimate of drug-likeness (QED) is 0.647. The van der Waals surface area contributed by atoms with Crippen molar-refractivity contribution in [2.24, 2.45) is 5.92 Å². The van der Waals surface area contributed by atoms with Crippen molar-refractivity contribution >= 4 is 0 Å². The molecule has 14 heavy (non-hydrogen) atoms. The van der Waals surface area contributed by atoms with Gasteiger partial charge in [-0.05, 0) is 25.9 Å². The summed E-state index contributed by atoms with van der Waals surface area (Å²) in [5.41, 5.74) is 0. The first-order valence-electron chi connectivity index (χ1n) is 5.98. The van der Waals surface area contributed by atoms with Gasteiger partial charge in [0, 0.05) is 19.1 Å². The van der Waals surface area contributed by atoms with Crippen molar-refractivity contribution in [2.75, 3.05) is 26.7 Å². The van der Waals surface area contributed by atoms with E-state index in [-0.39, 0.29) is 0 Å². The van der Waals surface area contributed by atoms with Crippen molar-refractivity contribution in [3.63, 3.8) is 0 Å². The van der Waals surface area contributed by atoms with E-state index < -0.39 is 0 Å². The average molecular weight is 200 g/mol. The minimum atomic E-state index is 0.609. The van der Waals surface area contributed by atoms with E-state index in [4.69, 9.17) is 0 Å². The lowest BCUT2D eigenvalue weighted by Crippen LogP contribution is -2.33. The molecule has 0 spiro atoms. The van der Waals surface area contributed by atoms with E-state index in [1.165, 1.54) is 19.4 Å².